The van der Waals surface area contributed by atoms with Gasteiger partial charge in [0.1, 0.15) is 0 Å². The molecule has 3 atom stereocenters. The van der Waals surface area contributed by atoms with Crippen LogP contribution in [0.3, 0.4) is 0 Å². The fraction of sp³-hybridized carbons (Fsp3) is 1.00. The molecule has 1 aliphatic carbocycles. The Morgan fingerprint density at radius 1 is 1.28 bits per heavy atom. The second-order valence-electron chi connectivity index (χ2n) is 6.98. The Bertz CT molecular complexity index is 257. The first-order valence-electron chi connectivity index (χ1n) is 7.63. The molecule has 106 valence electrons. The maximum Gasteiger partial charge on any atom is 0.0611 e. The smallest absolute Gasteiger partial charge is 0.0611 e. The van der Waals surface area contributed by atoms with Gasteiger partial charge in [-0.3, -0.25) is 0 Å². The van der Waals surface area contributed by atoms with Gasteiger partial charge in [-0.2, -0.15) is 0 Å². The summed E-state index contributed by atoms with van der Waals surface area (Å²) < 4.78 is 0. The topological polar surface area (TPSA) is 35.5 Å². The van der Waals surface area contributed by atoms with E-state index in [-0.39, 0.29) is 12.1 Å². The molecule has 0 radical (unpaired) electrons. The molecule has 1 saturated carbocycles. The third-order valence-corrected chi connectivity index (χ3v) is 4.77. The van der Waals surface area contributed by atoms with Gasteiger partial charge in [0.15, 0.2) is 0 Å². The lowest BCUT2D eigenvalue weighted by atomic mass is 9.97. The zero-order valence-corrected chi connectivity index (χ0v) is 12.3. The van der Waals surface area contributed by atoms with Crippen LogP contribution in [-0.2, 0) is 0 Å². The molecule has 18 heavy (non-hydrogen) atoms. The number of fused-ring (bicyclic) bond motifs is 1. The fourth-order valence-electron chi connectivity index (χ4n) is 3.81. The van der Waals surface area contributed by atoms with Crippen molar-refractivity contribution < 1.29 is 5.11 Å². The molecule has 0 aromatic rings. The van der Waals surface area contributed by atoms with Gasteiger partial charge in [-0.15, -0.1) is 0 Å². The molecule has 0 spiro atoms. The number of nitrogens with one attached hydrogen (secondary N) is 1. The average molecular weight is 254 g/mol. The Labute approximate surface area is 112 Å². The molecule has 2 aliphatic rings. The van der Waals surface area contributed by atoms with Crippen LogP contribution in [0.25, 0.3) is 0 Å². The summed E-state index contributed by atoms with van der Waals surface area (Å²) in [5.41, 5.74) is -0.119. The number of rotatable bonds is 6. The second-order valence-corrected chi connectivity index (χ2v) is 6.98. The maximum atomic E-state index is 9.59. The Morgan fingerprint density at radius 3 is 2.39 bits per heavy atom. The van der Waals surface area contributed by atoms with E-state index < -0.39 is 0 Å². The lowest BCUT2D eigenvalue weighted by molar-refractivity contribution is 0.141. The molecule has 0 amide bonds. The van der Waals surface area contributed by atoms with Gasteiger partial charge in [0.25, 0.3) is 0 Å². The van der Waals surface area contributed by atoms with Crippen molar-refractivity contribution in [3.63, 3.8) is 0 Å². The predicted molar refractivity (Wildman–Crippen MR) is 75.7 cm³/mol. The summed E-state index contributed by atoms with van der Waals surface area (Å²) in [4.78, 5) is 2.62. The van der Waals surface area contributed by atoms with Crippen LogP contribution in [0.4, 0.5) is 0 Å². The molecule has 3 nitrogen and oxygen atoms in total. The van der Waals surface area contributed by atoms with E-state index in [2.05, 4.69) is 31.0 Å². The third-order valence-electron chi connectivity index (χ3n) is 4.77. The largest absolute Gasteiger partial charge is 0.394 e. The van der Waals surface area contributed by atoms with Gasteiger partial charge in [0.2, 0.25) is 0 Å². The molecule has 0 bridgehead atoms. The molecule has 1 aliphatic heterocycles. The van der Waals surface area contributed by atoms with E-state index >= 15 is 0 Å². The summed E-state index contributed by atoms with van der Waals surface area (Å²) in [7, 11) is 0. The second kappa shape index (κ2) is 5.89. The van der Waals surface area contributed by atoms with E-state index in [0.29, 0.717) is 6.04 Å². The third kappa shape index (κ3) is 3.46. The summed E-state index contributed by atoms with van der Waals surface area (Å²) in [6, 6.07) is 0.431. The lowest BCUT2D eigenvalue weighted by Crippen LogP contribution is -2.50. The first-order chi connectivity index (χ1) is 8.52. The van der Waals surface area contributed by atoms with E-state index in [1.807, 2.05) is 0 Å². The van der Waals surface area contributed by atoms with Crippen molar-refractivity contribution in [3.8, 4) is 0 Å². The van der Waals surface area contributed by atoms with Crippen LogP contribution >= 0.6 is 0 Å². The monoisotopic (exact) mass is 254 g/mol. The summed E-state index contributed by atoms with van der Waals surface area (Å²) >= 11 is 0. The SMILES string of the molecule is CC(C)NC(C)(CO)CCN1CC2CCCC2C1. The molecule has 2 fully saturated rings. The van der Waals surface area contributed by atoms with E-state index in [4.69, 9.17) is 0 Å². The number of hydrogen-bond donors (Lipinski definition) is 2. The van der Waals surface area contributed by atoms with Gasteiger partial charge in [0, 0.05) is 24.7 Å². The zero-order valence-electron chi connectivity index (χ0n) is 12.3. The molecule has 0 aromatic heterocycles. The van der Waals surface area contributed by atoms with Gasteiger partial charge in [-0.25, -0.2) is 0 Å². The van der Waals surface area contributed by atoms with Crippen LogP contribution in [0.1, 0.15) is 46.5 Å². The predicted octanol–water partition coefficient (Wildman–Crippen LogP) is 1.86. The lowest BCUT2D eigenvalue weighted by Gasteiger charge is -2.33. The molecule has 2 rings (SSSR count). The normalized spacial score (nSPS) is 31.8. The Kier molecular flexibility index (Phi) is 4.68. The maximum absolute atomic E-state index is 9.59. The van der Waals surface area contributed by atoms with Gasteiger partial charge >= 0.3 is 0 Å². The van der Waals surface area contributed by atoms with Gasteiger partial charge in [0.05, 0.1) is 6.61 Å². The highest BCUT2D eigenvalue weighted by Gasteiger charge is 2.36. The minimum absolute atomic E-state index is 0.119. The standard InChI is InChI=1S/C15H30N2O/c1-12(2)16-15(3,11-18)7-8-17-9-13-5-4-6-14(13)10-17/h12-14,16,18H,4-11H2,1-3H3. The molecule has 3 heteroatoms. The van der Waals surface area contributed by atoms with Crippen LogP contribution in [0, 0.1) is 11.8 Å². The first kappa shape index (κ1) is 14.3. The van der Waals surface area contributed by atoms with Crippen molar-refractivity contribution in [3.05, 3.63) is 0 Å². The van der Waals surface area contributed by atoms with Crippen molar-refractivity contribution in [2.45, 2.75) is 58.0 Å². The molecule has 1 heterocycles. The minimum Gasteiger partial charge on any atom is -0.394 e. The van der Waals surface area contributed by atoms with Gasteiger partial charge < -0.3 is 15.3 Å². The van der Waals surface area contributed by atoms with Crippen LogP contribution < -0.4 is 5.32 Å². The molecule has 0 aromatic carbocycles. The van der Waals surface area contributed by atoms with Crippen LogP contribution in [-0.4, -0.2) is 47.8 Å². The molecule has 2 N–H and O–H groups in total. The highest BCUT2D eigenvalue weighted by atomic mass is 16.3. The Balaban J connectivity index is 1.76. The zero-order chi connectivity index (χ0) is 13.2. The summed E-state index contributed by atoms with van der Waals surface area (Å²) in [6.45, 7) is 10.4. The van der Waals surface area contributed by atoms with Crippen molar-refractivity contribution in [2.24, 2.45) is 11.8 Å². The Morgan fingerprint density at radius 2 is 1.89 bits per heavy atom. The van der Waals surface area contributed by atoms with Gasteiger partial charge in [-0.1, -0.05) is 20.3 Å². The van der Waals surface area contributed by atoms with Crippen LogP contribution in [0.5, 0.6) is 0 Å². The van der Waals surface area contributed by atoms with E-state index in [0.717, 1.165) is 24.8 Å². The quantitative estimate of drug-likeness (QED) is 0.759. The number of aliphatic hydroxyl groups is 1. The van der Waals surface area contributed by atoms with Crippen LogP contribution in [0.2, 0.25) is 0 Å². The average Bonchev–Trinajstić information content (AvgIpc) is 2.85. The van der Waals surface area contributed by atoms with Crippen molar-refractivity contribution in [1.82, 2.24) is 10.2 Å². The van der Waals surface area contributed by atoms with E-state index in [1.165, 1.54) is 32.4 Å². The van der Waals surface area contributed by atoms with E-state index in [1.54, 1.807) is 0 Å². The highest BCUT2D eigenvalue weighted by Crippen LogP contribution is 2.37. The van der Waals surface area contributed by atoms with Crippen molar-refractivity contribution in [2.75, 3.05) is 26.2 Å². The first-order valence-corrected chi connectivity index (χ1v) is 7.63. The molecule has 1 saturated heterocycles. The molecular formula is C15H30N2O. The van der Waals surface area contributed by atoms with Crippen molar-refractivity contribution in [1.29, 1.82) is 0 Å². The minimum atomic E-state index is -0.119. The van der Waals surface area contributed by atoms with Crippen molar-refractivity contribution >= 4 is 0 Å². The Hall–Kier alpha value is -0.120. The highest BCUT2D eigenvalue weighted by molar-refractivity contribution is 4.91. The summed E-state index contributed by atoms with van der Waals surface area (Å²) in [5.74, 6) is 1.95. The van der Waals surface area contributed by atoms with Gasteiger partial charge in [-0.05, 0) is 44.6 Å². The number of hydrogen-bond acceptors (Lipinski definition) is 3. The number of aliphatic hydroxyl groups excluding tert-OH is 1. The number of nitrogens with zero attached hydrogens (tertiary/aromatic N) is 1. The molecule has 3 unspecified atom stereocenters. The van der Waals surface area contributed by atoms with E-state index in [9.17, 15) is 5.11 Å². The summed E-state index contributed by atoms with van der Waals surface area (Å²) in [5, 5.41) is 13.1. The fourth-order valence-corrected chi connectivity index (χ4v) is 3.81. The molecular weight excluding hydrogens is 224 g/mol. The van der Waals surface area contributed by atoms with Crippen LogP contribution in [0.15, 0.2) is 0 Å². The number of likely N-dealkylation sites (tertiary alicyclic amines) is 1. The summed E-state index contributed by atoms with van der Waals surface area (Å²) in [6.07, 6.45) is 5.39.